The molecule has 1 aliphatic carbocycles. The van der Waals surface area contributed by atoms with E-state index in [-0.39, 0.29) is 175 Å². The Morgan fingerprint density at radius 3 is 1.44 bits per heavy atom. The third-order valence-corrected chi connectivity index (χ3v) is 18.3. The average molecular weight is 1810 g/mol. The third-order valence-electron chi connectivity index (χ3n) is 17.5. The van der Waals surface area contributed by atoms with Crippen LogP contribution in [0.1, 0.15) is 120 Å². The number of hydrogen-bond donors (Lipinski definition) is 14. The molecule has 2 aromatic carbocycles. The van der Waals surface area contributed by atoms with Crippen molar-refractivity contribution in [1.29, 1.82) is 0 Å². The minimum absolute atomic E-state index is 0. The topological polar surface area (TPSA) is 546 Å². The first-order valence-corrected chi connectivity index (χ1v) is 36.3. The van der Waals surface area contributed by atoms with Gasteiger partial charge in [0, 0.05) is 146 Å². The van der Waals surface area contributed by atoms with Gasteiger partial charge in [0.15, 0.2) is 17.3 Å². The van der Waals surface area contributed by atoms with Crippen LogP contribution in [0.2, 0.25) is 0 Å². The van der Waals surface area contributed by atoms with Gasteiger partial charge >= 0.3 is 59.8 Å². The number of carbonyl (C=O) groups is 17. The number of allylic oxidation sites excluding steroid dienone is 3. The molecule has 1 radical (unpaired) electrons. The van der Waals surface area contributed by atoms with Crippen molar-refractivity contribution < 1.29 is 164 Å². The zero-order valence-electron chi connectivity index (χ0n) is 59.8. The van der Waals surface area contributed by atoms with Gasteiger partial charge in [-0.05, 0) is 135 Å². The second kappa shape index (κ2) is 50.7. The van der Waals surface area contributed by atoms with Crippen LogP contribution in [0.25, 0.3) is 0 Å². The Kier molecular flexibility index (Phi) is 43.9. The van der Waals surface area contributed by atoms with E-state index in [1.165, 1.54) is 37.8 Å². The number of ketones is 3. The maximum atomic E-state index is 14.9. The van der Waals surface area contributed by atoms with Gasteiger partial charge in [-0.1, -0.05) is 49.2 Å². The molecule has 6 atom stereocenters. The fraction of sp³-hybridized carbons (Fsp3) is 0.535. The number of urea groups is 1. The maximum absolute atomic E-state index is 14.9. The summed E-state index contributed by atoms with van der Waals surface area (Å²) in [5, 5.41) is 92.7. The quantitative estimate of drug-likeness (QED) is 0.0109. The Morgan fingerprint density at radius 1 is 0.468 bits per heavy atom. The summed E-state index contributed by atoms with van der Waals surface area (Å²) < 4.78 is 5.74. The molecule has 4 rings (SSSR count). The molecule has 0 bridgehead atoms. The molecule has 2 aliphatic rings. The summed E-state index contributed by atoms with van der Waals surface area (Å²) in [6.45, 7) is -1.06. The van der Waals surface area contributed by atoms with E-state index in [9.17, 15) is 117 Å². The Bertz CT molecular complexity index is 3550. The molecule has 36 nitrogen and oxygen atoms in total. The number of carbonyl (C=O) groups excluding carboxylic acids is 9. The second-order valence-corrected chi connectivity index (χ2v) is 27.1. The van der Waals surface area contributed by atoms with Crippen LogP contribution in [0.15, 0.2) is 72.3 Å². The molecular weight excluding hydrogens is 1710 g/mol. The molecule has 2 aromatic rings. The zero-order chi connectivity index (χ0) is 79.8. The largest absolute Gasteiger partial charge is 0.481 e. The number of ether oxygens (including phenoxy) is 1. The van der Waals surface area contributed by atoms with Crippen molar-refractivity contribution >= 4 is 123 Å². The molecule has 14 N–H and O–H groups in total. The normalized spacial score (nSPS) is 15.5. The fourth-order valence-corrected chi connectivity index (χ4v) is 12.4. The summed E-state index contributed by atoms with van der Waals surface area (Å²) in [6.07, 6.45) is 3.52. The standard InChI is InChI=1S/C71H95IN10O26.Lu/c72-49-37-45(18-23-57(49)108-70(106)48-40-47(83)19-22-55(48)84)38-53(75-60(88)24-21-54(69(104)105)82-34-32-80(42-63(93)94)30-28-79(41-62(91)92)29-31-81(33-35-82)43-64(95)96)56(85)39-46(36-44-12-4-3-5-13-44)65(97)76-50(66(98)99)14-8-10-26-73-58(86)16-6-1-2-7-17-59(87)74-27-11-9-15-51(67(100)101)77-71(107)78-52(68(102)103)20-25-61(89)90;/h3-5,12-13,18-19,22-23,37,40,46,50-54H,1-2,6-11,14-17,20-21,24-36,38-39,41-43H2,(H,73,86)(H,74,87)(H,75,88)(H,76,97)(H,89,90)(H,91,92)(H,93,94)(H,95,96)(H,98,99)(H,100,101)(H,102,103)(H,104,105)(H2,77,78,107);/t46-,50+,51-,52-,53+,54-;/m0./s1. The van der Waals surface area contributed by atoms with Crippen molar-refractivity contribution in [2.75, 3.05) is 85.1 Å². The SMILES string of the molecule is O=C1C=CC(=O)C(C(=O)Oc2ccc(C[C@@H](NC(=O)CC[C@@H](C(=O)O)N3CCN(CC(=O)O)CCN(CC(=O)O)CCN(CC(=O)O)CC3)C(=O)C[C@H](Cc3ccccc3)C(=O)N[C@H](CCCCNC(=O)CCCCCCC(=O)NCCCC[C@H](NC(=O)N[C@@H](CCC(=O)O)C(=O)O)C(=O)O)C(=O)O)cc2I)=C1.[Lu]. The van der Waals surface area contributed by atoms with E-state index in [1.807, 2.05) is 27.9 Å². The van der Waals surface area contributed by atoms with Gasteiger partial charge in [0.1, 0.15) is 35.5 Å². The zero-order valence-corrected chi connectivity index (χ0v) is 63.6. The van der Waals surface area contributed by atoms with E-state index in [4.69, 9.17) is 9.84 Å². The first-order valence-electron chi connectivity index (χ1n) is 35.2. The summed E-state index contributed by atoms with van der Waals surface area (Å²) in [6, 6.07) is 4.36. The van der Waals surface area contributed by atoms with E-state index < -0.39 is 182 Å². The molecule has 0 saturated carbocycles. The number of amides is 6. The summed E-state index contributed by atoms with van der Waals surface area (Å²) in [5.74, 6) is -17.2. The number of esters is 1. The number of nitrogens with one attached hydrogen (secondary N) is 6. The van der Waals surface area contributed by atoms with Crippen LogP contribution in [-0.2, 0) is 89.6 Å². The summed E-state index contributed by atoms with van der Waals surface area (Å²) >= 11 is 1.82. The molecule has 0 unspecified atom stereocenters. The van der Waals surface area contributed by atoms with Crippen molar-refractivity contribution in [1.82, 2.24) is 51.5 Å². The average Bonchev–Trinajstić information content (AvgIpc) is 0.834. The van der Waals surface area contributed by atoms with Crippen molar-refractivity contribution in [2.24, 2.45) is 5.92 Å². The van der Waals surface area contributed by atoms with Crippen molar-refractivity contribution in [3.8, 4) is 5.75 Å². The van der Waals surface area contributed by atoms with Crippen LogP contribution < -0.4 is 36.6 Å². The molecule has 607 valence electrons. The molecule has 0 aromatic heterocycles. The van der Waals surface area contributed by atoms with Crippen LogP contribution in [0.5, 0.6) is 5.75 Å². The van der Waals surface area contributed by atoms with Gasteiger partial charge in [0.2, 0.25) is 23.6 Å². The van der Waals surface area contributed by atoms with E-state index in [1.54, 1.807) is 30.3 Å². The smallest absolute Gasteiger partial charge is 0.347 e. The van der Waals surface area contributed by atoms with Gasteiger partial charge in [-0.2, -0.15) is 0 Å². The molecule has 1 fully saturated rings. The van der Waals surface area contributed by atoms with Crippen molar-refractivity contribution in [3.05, 3.63) is 87.0 Å². The minimum atomic E-state index is -1.55. The molecule has 6 amide bonds. The predicted octanol–water partition coefficient (Wildman–Crippen LogP) is 0.939. The van der Waals surface area contributed by atoms with E-state index in [2.05, 4.69) is 26.6 Å². The maximum Gasteiger partial charge on any atom is 0.347 e. The number of hydrogen-bond acceptors (Lipinski definition) is 22. The van der Waals surface area contributed by atoms with Gasteiger partial charge in [0.05, 0.1) is 29.2 Å². The Balaban J connectivity index is 0.0000308. The van der Waals surface area contributed by atoms with Gasteiger partial charge < -0.3 is 77.5 Å². The van der Waals surface area contributed by atoms with E-state index in [0.29, 0.717) is 49.7 Å². The number of unbranched alkanes of at least 4 members (excludes halogenated alkanes) is 5. The molecule has 1 saturated heterocycles. The summed E-state index contributed by atoms with van der Waals surface area (Å²) in [7, 11) is 0. The Labute approximate surface area is 670 Å². The van der Waals surface area contributed by atoms with E-state index >= 15 is 0 Å². The number of carboxylic acid groups (broad SMARTS) is 8. The number of carboxylic acids is 8. The second-order valence-electron chi connectivity index (χ2n) is 26.0. The number of benzene rings is 2. The van der Waals surface area contributed by atoms with Crippen molar-refractivity contribution in [3.63, 3.8) is 0 Å². The van der Waals surface area contributed by atoms with Crippen LogP contribution >= 0.6 is 22.6 Å². The molecule has 38 heteroatoms. The summed E-state index contributed by atoms with van der Waals surface area (Å²) in [4.78, 5) is 220. The number of Topliss-reactive ketones (excluding diaryl/α,β-unsaturated/α-hetero) is 1. The number of halogens is 1. The van der Waals surface area contributed by atoms with Crippen LogP contribution in [-0.4, -0.2) is 276 Å². The monoisotopic (exact) mass is 1810 g/mol. The van der Waals surface area contributed by atoms with E-state index in [0.717, 1.165) is 18.2 Å². The van der Waals surface area contributed by atoms with Gasteiger partial charge in [0.25, 0.3) is 0 Å². The molecule has 1 heterocycles. The minimum Gasteiger partial charge on any atom is -0.481 e. The number of aliphatic carboxylic acids is 8. The van der Waals surface area contributed by atoms with Crippen LogP contribution in [0, 0.1) is 46.4 Å². The van der Waals surface area contributed by atoms with Gasteiger partial charge in [-0.15, -0.1) is 0 Å². The Hall–Kier alpha value is -8.89. The molecule has 1 aliphatic heterocycles. The number of nitrogens with zero attached hydrogens (tertiary/aromatic N) is 4. The van der Waals surface area contributed by atoms with Gasteiger partial charge in [-0.3, -0.25) is 77.1 Å². The van der Waals surface area contributed by atoms with Crippen LogP contribution in [0.3, 0.4) is 0 Å². The first kappa shape index (κ1) is 94.3. The molecule has 0 spiro atoms. The van der Waals surface area contributed by atoms with Crippen LogP contribution in [0.4, 0.5) is 4.79 Å². The number of rotatable bonds is 48. The first-order chi connectivity index (χ1) is 51.3. The molecular formula is C71H95ILuN10O26. The van der Waals surface area contributed by atoms with Gasteiger partial charge in [-0.25, -0.2) is 24.0 Å². The van der Waals surface area contributed by atoms with Crippen molar-refractivity contribution in [2.45, 2.75) is 152 Å². The summed E-state index contributed by atoms with van der Waals surface area (Å²) in [5.41, 5.74) is 0.416. The third kappa shape index (κ3) is 38.4. The fourth-order valence-electron chi connectivity index (χ4n) is 11.7. The molecule has 109 heavy (non-hydrogen) atoms. The Morgan fingerprint density at radius 2 is 0.963 bits per heavy atom. The predicted molar refractivity (Wildman–Crippen MR) is 388 cm³/mol.